The minimum Gasteiger partial charge on any atom is -0.741 e. The van der Waals surface area contributed by atoms with Gasteiger partial charge < -0.3 is 23.2 Å². The molecule has 0 unspecified atom stereocenters. The minimum absolute atomic E-state index is 0.0286. The molecule has 1 aromatic rings. The first-order valence-corrected chi connectivity index (χ1v) is 16.1. The van der Waals surface area contributed by atoms with Crippen molar-refractivity contribution in [1.29, 1.82) is 0 Å². The number of aromatic nitrogens is 2. The van der Waals surface area contributed by atoms with Crippen molar-refractivity contribution in [2.45, 2.75) is 103 Å². The lowest BCUT2D eigenvalue weighted by molar-refractivity contribution is -0.769. The molecule has 1 saturated heterocycles. The number of nitrogens with zero attached hydrogens (tertiary/aromatic N) is 2. The van der Waals surface area contributed by atoms with Crippen LogP contribution in [0.15, 0.2) is 6.20 Å². The van der Waals surface area contributed by atoms with Gasteiger partial charge in [0.15, 0.2) is 18.4 Å². The van der Waals surface area contributed by atoms with Crippen LogP contribution >= 0.6 is 0 Å². The first kappa shape index (κ1) is 30.7. The molecule has 2 bridgehead atoms. The summed E-state index contributed by atoms with van der Waals surface area (Å²) in [5.74, 6) is 1.20. The third-order valence-corrected chi connectivity index (χ3v) is 12.2. The van der Waals surface area contributed by atoms with Gasteiger partial charge in [0.2, 0.25) is 6.23 Å². The first-order valence-electron chi connectivity index (χ1n) is 11.7. The minimum atomic E-state index is -6.09. The van der Waals surface area contributed by atoms with E-state index in [1.54, 1.807) is 0 Å². The summed E-state index contributed by atoms with van der Waals surface area (Å²) in [7, 11) is -7.99. The van der Waals surface area contributed by atoms with Crippen molar-refractivity contribution in [3.05, 3.63) is 11.8 Å². The van der Waals surface area contributed by atoms with Crippen LogP contribution in [0.1, 0.15) is 59.8 Å². The van der Waals surface area contributed by atoms with Gasteiger partial charge in [-0.25, -0.2) is 8.42 Å². The maximum atomic E-state index is 10.7. The smallest absolute Gasteiger partial charge is 0.504 e. The molecule has 0 radical (unpaired) electrons. The maximum Gasteiger partial charge on any atom is 0.504 e. The molecule has 1 fully saturated rings. The number of aryl methyl sites for hydroxylation is 1. The normalized spacial score (nSPS) is 22.1. The lowest BCUT2D eigenvalue weighted by Crippen LogP contribution is -2.48. The maximum absolute atomic E-state index is 10.7. The Morgan fingerprint density at radius 3 is 2.28 bits per heavy atom. The van der Waals surface area contributed by atoms with Crippen LogP contribution in [0.4, 0.5) is 13.2 Å². The van der Waals surface area contributed by atoms with Gasteiger partial charge >= 0.3 is 17.4 Å². The number of ether oxygens (including phenoxy) is 3. The van der Waals surface area contributed by atoms with Crippen molar-refractivity contribution < 1.29 is 49.3 Å². The number of fused-ring (bicyclic) bond motifs is 4. The summed E-state index contributed by atoms with van der Waals surface area (Å²) in [6.45, 7) is 20.4. The summed E-state index contributed by atoms with van der Waals surface area (Å²) in [6, 6.07) is 0.573. The second kappa shape index (κ2) is 10.7. The number of hydrogen-bond acceptors (Lipinski definition) is 8. The Balaban J connectivity index is 0.000000493. The largest absolute Gasteiger partial charge is 0.741 e. The van der Waals surface area contributed by atoms with E-state index in [4.69, 9.17) is 31.6 Å². The summed E-state index contributed by atoms with van der Waals surface area (Å²) in [4.78, 5) is 4.61. The average molecular weight is 559 g/mol. The monoisotopic (exact) mass is 558 g/mol. The third-order valence-electron chi connectivity index (χ3n) is 7.07. The van der Waals surface area contributed by atoms with Gasteiger partial charge in [0.1, 0.15) is 18.4 Å². The van der Waals surface area contributed by atoms with Gasteiger partial charge in [-0.3, -0.25) is 0 Å². The van der Waals surface area contributed by atoms with E-state index in [1.165, 1.54) is 0 Å². The molecule has 0 N–H and O–H groups in total. The van der Waals surface area contributed by atoms with Gasteiger partial charge in [0, 0.05) is 4.98 Å². The van der Waals surface area contributed by atoms with E-state index < -0.39 is 23.9 Å². The standard InChI is InChI=1S/C21H37N2O4Si.CHF3O3S/c1-13(2)21(6,7)28(8,9)24-12-17-16-10-18(26-17)23-11-15(5)19(25-14(3)4)22-20(23)27-16;2-1(3,4)8(5,6)7/h11,13-14,16-18H,10,12H2,1-9H3;(H,5,6,7)/q+1;/p-1/t16-,17-,18-;/m1./s1. The topological polar surface area (TPSA) is 111 Å². The quantitative estimate of drug-likeness (QED) is 0.212. The Kier molecular flexibility index (Phi) is 9.15. The van der Waals surface area contributed by atoms with E-state index in [0.29, 0.717) is 24.4 Å². The lowest BCUT2D eigenvalue weighted by atomic mass is 9.99. The highest BCUT2D eigenvalue weighted by molar-refractivity contribution is 7.86. The molecule has 1 aromatic heterocycles. The molecule has 3 heterocycles. The molecular formula is C22H37F3N2O7SSi. The van der Waals surface area contributed by atoms with Crippen LogP contribution in [0.3, 0.4) is 0 Å². The van der Waals surface area contributed by atoms with Crippen molar-refractivity contribution in [3.8, 4) is 11.9 Å². The molecule has 208 valence electrons. The molecule has 0 saturated carbocycles. The van der Waals surface area contributed by atoms with Crippen LogP contribution in [0.25, 0.3) is 0 Å². The highest BCUT2D eigenvalue weighted by Gasteiger charge is 2.50. The van der Waals surface area contributed by atoms with Gasteiger partial charge in [0.25, 0.3) is 0 Å². The van der Waals surface area contributed by atoms with Crippen molar-refractivity contribution in [3.63, 3.8) is 0 Å². The van der Waals surface area contributed by atoms with Gasteiger partial charge in [-0.1, -0.05) is 27.7 Å². The summed E-state index contributed by atoms with van der Waals surface area (Å²) < 4.78 is 85.7. The fourth-order valence-electron chi connectivity index (χ4n) is 3.64. The highest BCUT2D eigenvalue weighted by Crippen LogP contribution is 2.45. The van der Waals surface area contributed by atoms with E-state index in [9.17, 15) is 13.2 Å². The predicted octanol–water partition coefficient (Wildman–Crippen LogP) is 4.22. The first-order chi connectivity index (χ1) is 16.2. The molecule has 2 aliphatic heterocycles. The van der Waals surface area contributed by atoms with Crippen molar-refractivity contribution in [1.82, 2.24) is 4.98 Å². The van der Waals surface area contributed by atoms with Crippen molar-refractivity contribution >= 4 is 18.4 Å². The van der Waals surface area contributed by atoms with Crippen molar-refractivity contribution in [2.24, 2.45) is 5.92 Å². The van der Waals surface area contributed by atoms with Gasteiger partial charge in [-0.05, 0) is 44.8 Å². The lowest BCUT2D eigenvalue weighted by Gasteiger charge is -2.43. The predicted molar refractivity (Wildman–Crippen MR) is 126 cm³/mol. The number of alkyl halides is 3. The second-order valence-corrected chi connectivity index (χ2v) is 16.7. The van der Waals surface area contributed by atoms with Crippen LogP contribution < -0.4 is 14.0 Å². The summed E-state index contributed by atoms with van der Waals surface area (Å²) in [6.07, 6.45) is 2.76. The zero-order valence-electron chi connectivity index (χ0n) is 22.2. The van der Waals surface area contributed by atoms with E-state index >= 15 is 0 Å². The molecule has 9 nitrogen and oxygen atoms in total. The van der Waals surface area contributed by atoms with Crippen LogP contribution in [0.5, 0.6) is 11.9 Å². The molecule has 3 rings (SSSR count). The molecule has 0 aliphatic carbocycles. The molecule has 0 aromatic carbocycles. The number of hydrogen-bond donors (Lipinski definition) is 0. The molecule has 36 heavy (non-hydrogen) atoms. The molecule has 0 amide bonds. The Hall–Kier alpha value is -1.48. The summed E-state index contributed by atoms with van der Waals surface area (Å²) >= 11 is 0. The van der Waals surface area contributed by atoms with Crippen LogP contribution in [0, 0.1) is 12.8 Å². The Labute approximate surface area is 212 Å². The van der Waals surface area contributed by atoms with Gasteiger partial charge in [-0.2, -0.15) is 17.7 Å². The Bertz CT molecular complexity index is 1030. The van der Waals surface area contributed by atoms with Crippen LogP contribution in [-0.2, 0) is 19.3 Å². The zero-order valence-corrected chi connectivity index (χ0v) is 24.0. The van der Waals surface area contributed by atoms with Crippen LogP contribution in [0.2, 0.25) is 18.1 Å². The van der Waals surface area contributed by atoms with E-state index in [0.717, 1.165) is 12.0 Å². The van der Waals surface area contributed by atoms with E-state index in [-0.39, 0.29) is 29.6 Å². The summed E-state index contributed by atoms with van der Waals surface area (Å²) in [5, 5.41) is 0.182. The average Bonchev–Trinajstić information content (AvgIpc) is 3.03. The van der Waals surface area contributed by atoms with Crippen LogP contribution in [-0.4, -0.2) is 56.7 Å². The SMILES string of the molecule is Cc1c[n+]2c(nc1OC(C)C)O[C@@H]1C[C@H]2O[C@@H]1CO[Si](C)(C)C(C)(C)C(C)C.O=S(=O)([O-])C(F)(F)F. The number of halogens is 3. The zero-order chi connectivity index (χ0) is 27.9. The number of rotatable bonds is 7. The van der Waals surface area contributed by atoms with Gasteiger partial charge in [-0.15, -0.1) is 0 Å². The fourth-order valence-corrected chi connectivity index (χ4v) is 5.98. The van der Waals surface area contributed by atoms with E-state index in [1.807, 2.05) is 31.5 Å². The molecule has 14 heteroatoms. The van der Waals surface area contributed by atoms with Crippen molar-refractivity contribution in [2.75, 3.05) is 6.61 Å². The summed E-state index contributed by atoms with van der Waals surface area (Å²) in [5.41, 5.74) is -4.66. The Morgan fingerprint density at radius 2 is 1.81 bits per heavy atom. The van der Waals surface area contributed by atoms with E-state index in [2.05, 4.69) is 45.8 Å². The third kappa shape index (κ3) is 6.88. The molecule has 3 atom stereocenters. The second-order valence-electron chi connectivity index (χ2n) is 10.7. The van der Waals surface area contributed by atoms with Gasteiger partial charge in [0.05, 0.1) is 24.7 Å². The fraction of sp³-hybridized carbons (Fsp3) is 0.818. The highest BCUT2D eigenvalue weighted by atomic mass is 32.2. The molecular weight excluding hydrogens is 521 g/mol. The molecule has 0 spiro atoms. The Morgan fingerprint density at radius 1 is 1.25 bits per heavy atom. The molecule has 2 aliphatic rings.